The van der Waals surface area contributed by atoms with Crippen LogP contribution in [-0.4, -0.2) is 10.9 Å². The maximum atomic E-state index is 12.1. The number of rotatable bonds is 3. The van der Waals surface area contributed by atoms with Crippen molar-refractivity contribution < 1.29 is 14.5 Å². The van der Waals surface area contributed by atoms with Crippen LogP contribution in [0.3, 0.4) is 0 Å². The van der Waals surface area contributed by atoms with Crippen LogP contribution in [0.25, 0.3) is 0 Å². The molecule has 0 saturated heterocycles. The summed E-state index contributed by atoms with van der Waals surface area (Å²) in [7, 11) is 0. The molecule has 0 unspecified atom stereocenters. The minimum atomic E-state index is -0.769. The van der Waals surface area contributed by atoms with Crippen LogP contribution in [0.1, 0.15) is 15.9 Å². The molecule has 7 heteroatoms. The highest BCUT2D eigenvalue weighted by molar-refractivity contribution is 6.33. The van der Waals surface area contributed by atoms with Gasteiger partial charge in [-0.15, -0.1) is 0 Å². The zero-order valence-electron chi connectivity index (χ0n) is 10.8. The number of carbonyl (C=O) groups excluding carboxylic acids is 1. The summed E-state index contributed by atoms with van der Waals surface area (Å²) in [6, 6.07) is 8.33. The molecule has 0 N–H and O–H groups in total. The van der Waals surface area contributed by atoms with Crippen LogP contribution in [0.15, 0.2) is 36.4 Å². The topological polar surface area (TPSA) is 69.4 Å². The van der Waals surface area contributed by atoms with Crippen molar-refractivity contribution >= 4 is 34.9 Å². The Balaban J connectivity index is 2.32. The van der Waals surface area contributed by atoms with Crippen LogP contribution in [0.2, 0.25) is 10.0 Å². The van der Waals surface area contributed by atoms with Gasteiger partial charge in [-0.1, -0.05) is 23.2 Å². The van der Waals surface area contributed by atoms with Gasteiger partial charge < -0.3 is 4.74 Å². The summed E-state index contributed by atoms with van der Waals surface area (Å²) in [5, 5.41) is 11.3. The Morgan fingerprint density at radius 3 is 2.52 bits per heavy atom. The maximum Gasteiger partial charge on any atom is 0.345 e. The van der Waals surface area contributed by atoms with Gasteiger partial charge in [-0.3, -0.25) is 10.1 Å². The third-order valence-corrected chi connectivity index (χ3v) is 3.28. The first-order chi connectivity index (χ1) is 9.88. The Bertz CT molecular complexity index is 731. The first-order valence-electron chi connectivity index (χ1n) is 5.81. The Morgan fingerprint density at radius 1 is 1.19 bits per heavy atom. The summed E-state index contributed by atoms with van der Waals surface area (Å²) in [5.74, 6) is -0.457. The first-order valence-corrected chi connectivity index (χ1v) is 6.56. The van der Waals surface area contributed by atoms with E-state index in [1.54, 1.807) is 25.1 Å². The number of ether oxygens (including phenoxy) is 1. The third-order valence-electron chi connectivity index (χ3n) is 2.72. The number of non-ortho nitro benzene ring substituents is 1. The van der Waals surface area contributed by atoms with Crippen LogP contribution < -0.4 is 4.74 Å². The number of nitrogens with zero attached hydrogens (tertiary/aromatic N) is 1. The summed E-state index contributed by atoms with van der Waals surface area (Å²) in [5.41, 5.74) is 0.358. The van der Waals surface area contributed by atoms with Crippen LogP contribution in [-0.2, 0) is 0 Å². The van der Waals surface area contributed by atoms with E-state index < -0.39 is 10.9 Å². The Kier molecular flexibility index (Phi) is 4.45. The summed E-state index contributed by atoms with van der Waals surface area (Å²) in [6.07, 6.45) is 0. The first kappa shape index (κ1) is 15.3. The van der Waals surface area contributed by atoms with Gasteiger partial charge >= 0.3 is 5.97 Å². The lowest BCUT2D eigenvalue weighted by Gasteiger charge is -2.08. The fraction of sp³-hybridized carbons (Fsp3) is 0.0714. The predicted octanol–water partition coefficient (Wildman–Crippen LogP) is 4.43. The van der Waals surface area contributed by atoms with E-state index in [2.05, 4.69) is 0 Å². The lowest BCUT2D eigenvalue weighted by atomic mass is 10.2. The molecule has 0 atom stereocenters. The normalized spacial score (nSPS) is 10.2. The smallest absolute Gasteiger partial charge is 0.345 e. The molecule has 2 aromatic carbocycles. The zero-order valence-corrected chi connectivity index (χ0v) is 12.3. The minimum absolute atomic E-state index is 0.0692. The maximum absolute atomic E-state index is 12.1. The van der Waals surface area contributed by atoms with E-state index in [1.165, 1.54) is 12.1 Å². The Hall–Kier alpha value is -2.11. The standard InChI is InChI=1S/C14H9Cl2NO4/c1-8-6-9(15)2-5-13(8)21-14(18)11-7-10(17(19)20)3-4-12(11)16/h2-7H,1H3. The molecule has 108 valence electrons. The van der Waals surface area contributed by atoms with Crippen LogP contribution in [0.4, 0.5) is 5.69 Å². The van der Waals surface area contributed by atoms with Gasteiger partial charge in [0.15, 0.2) is 0 Å². The number of hydrogen-bond donors (Lipinski definition) is 0. The highest BCUT2D eigenvalue weighted by Gasteiger charge is 2.18. The van der Waals surface area contributed by atoms with Crippen LogP contribution in [0.5, 0.6) is 5.75 Å². The molecule has 0 saturated carbocycles. The second-order valence-electron chi connectivity index (χ2n) is 4.22. The molecule has 0 spiro atoms. The van der Waals surface area contributed by atoms with Gasteiger partial charge in [0.05, 0.1) is 15.5 Å². The van der Waals surface area contributed by atoms with Gasteiger partial charge in [0, 0.05) is 17.2 Å². The van der Waals surface area contributed by atoms with Crippen molar-refractivity contribution in [3.8, 4) is 5.75 Å². The monoisotopic (exact) mass is 325 g/mol. The van der Waals surface area contributed by atoms with E-state index >= 15 is 0 Å². The van der Waals surface area contributed by atoms with Gasteiger partial charge in [-0.25, -0.2) is 4.79 Å². The molecule has 2 aromatic rings. The Labute approximate surface area is 130 Å². The van der Waals surface area contributed by atoms with Crippen molar-refractivity contribution in [2.24, 2.45) is 0 Å². The number of halogens is 2. The molecule has 0 aliphatic heterocycles. The summed E-state index contributed by atoms with van der Waals surface area (Å²) in [4.78, 5) is 22.2. The van der Waals surface area contributed by atoms with Crippen LogP contribution >= 0.6 is 23.2 Å². The average Bonchev–Trinajstić information content (AvgIpc) is 2.42. The lowest BCUT2D eigenvalue weighted by molar-refractivity contribution is -0.384. The van der Waals surface area contributed by atoms with Gasteiger partial charge in [0.25, 0.3) is 5.69 Å². The SMILES string of the molecule is Cc1cc(Cl)ccc1OC(=O)c1cc([N+](=O)[O-])ccc1Cl. The van der Waals surface area contributed by atoms with Gasteiger partial charge in [-0.05, 0) is 36.8 Å². The number of nitro groups is 1. The fourth-order valence-electron chi connectivity index (χ4n) is 1.67. The van der Waals surface area contributed by atoms with E-state index in [9.17, 15) is 14.9 Å². The van der Waals surface area contributed by atoms with Crippen molar-refractivity contribution in [1.29, 1.82) is 0 Å². The van der Waals surface area contributed by atoms with Gasteiger partial charge in [-0.2, -0.15) is 0 Å². The Morgan fingerprint density at radius 2 is 1.90 bits per heavy atom. The van der Waals surface area contributed by atoms with Crippen molar-refractivity contribution in [3.05, 3.63) is 67.7 Å². The number of benzene rings is 2. The number of aryl methyl sites for hydroxylation is 1. The van der Waals surface area contributed by atoms with Crippen molar-refractivity contribution in [1.82, 2.24) is 0 Å². The van der Waals surface area contributed by atoms with Gasteiger partial charge in [0.1, 0.15) is 5.75 Å². The number of carbonyl (C=O) groups is 1. The second kappa shape index (κ2) is 6.11. The summed E-state index contributed by atoms with van der Waals surface area (Å²) >= 11 is 11.7. The molecule has 0 aliphatic rings. The molecule has 0 amide bonds. The summed E-state index contributed by atoms with van der Waals surface area (Å²) < 4.78 is 5.20. The van der Waals surface area contributed by atoms with E-state index in [1.807, 2.05) is 0 Å². The van der Waals surface area contributed by atoms with Crippen molar-refractivity contribution in [2.45, 2.75) is 6.92 Å². The second-order valence-corrected chi connectivity index (χ2v) is 5.06. The fourth-order valence-corrected chi connectivity index (χ4v) is 2.09. The summed E-state index contributed by atoms with van der Waals surface area (Å²) in [6.45, 7) is 1.73. The molecule has 0 fully saturated rings. The van der Waals surface area contributed by atoms with E-state index in [0.29, 0.717) is 16.3 Å². The predicted molar refractivity (Wildman–Crippen MR) is 79.3 cm³/mol. The quantitative estimate of drug-likeness (QED) is 0.362. The third kappa shape index (κ3) is 3.51. The molecular weight excluding hydrogens is 317 g/mol. The van der Waals surface area contributed by atoms with E-state index in [-0.39, 0.29) is 16.3 Å². The highest BCUT2D eigenvalue weighted by Crippen LogP contribution is 2.26. The van der Waals surface area contributed by atoms with Gasteiger partial charge in [0.2, 0.25) is 0 Å². The van der Waals surface area contributed by atoms with Crippen molar-refractivity contribution in [3.63, 3.8) is 0 Å². The van der Waals surface area contributed by atoms with E-state index in [0.717, 1.165) is 6.07 Å². The number of esters is 1. The van der Waals surface area contributed by atoms with Crippen LogP contribution in [0, 0.1) is 17.0 Å². The lowest BCUT2D eigenvalue weighted by Crippen LogP contribution is -2.10. The number of nitro benzene ring substituents is 1. The molecule has 0 bridgehead atoms. The largest absolute Gasteiger partial charge is 0.423 e. The minimum Gasteiger partial charge on any atom is -0.423 e. The molecule has 5 nitrogen and oxygen atoms in total. The molecule has 2 rings (SSSR count). The zero-order chi connectivity index (χ0) is 15.6. The highest BCUT2D eigenvalue weighted by atomic mass is 35.5. The molecule has 0 aromatic heterocycles. The molecule has 21 heavy (non-hydrogen) atoms. The molecule has 0 aliphatic carbocycles. The number of hydrogen-bond acceptors (Lipinski definition) is 4. The average molecular weight is 326 g/mol. The van der Waals surface area contributed by atoms with E-state index in [4.69, 9.17) is 27.9 Å². The van der Waals surface area contributed by atoms with Crippen molar-refractivity contribution in [2.75, 3.05) is 0 Å². The molecule has 0 radical (unpaired) electrons. The molecule has 0 heterocycles. The molecular formula is C14H9Cl2NO4.